The molecular formula is C16H28N4. The summed E-state index contributed by atoms with van der Waals surface area (Å²) in [7, 11) is 0. The third-order valence-electron chi connectivity index (χ3n) is 4.29. The normalized spacial score (nSPS) is 16.0. The van der Waals surface area contributed by atoms with E-state index in [4.69, 9.17) is 5.73 Å². The average Bonchev–Trinajstić information content (AvgIpc) is 2.93. The Hall–Kier alpha value is -1.32. The van der Waals surface area contributed by atoms with E-state index in [0.717, 1.165) is 24.3 Å². The van der Waals surface area contributed by atoms with Crippen molar-refractivity contribution in [2.75, 3.05) is 17.2 Å². The number of nitrogen functional groups attached to an aromatic ring is 1. The zero-order valence-electron chi connectivity index (χ0n) is 13.1. The number of hydrogen-bond acceptors (Lipinski definition) is 4. The summed E-state index contributed by atoms with van der Waals surface area (Å²) >= 11 is 0. The highest BCUT2D eigenvalue weighted by Crippen LogP contribution is 2.31. The van der Waals surface area contributed by atoms with E-state index in [1.807, 2.05) is 0 Å². The van der Waals surface area contributed by atoms with Crippen LogP contribution >= 0.6 is 0 Å². The van der Waals surface area contributed by atoms with Gasteiger partial charge in [-0.25, -0.2) is 9.97 Å². The largest absolute Gasteiger partial charge is 0.383 e. The Morgan fingerprint density at radius 1 is 1.30 bits per heavy atom. The first kappa shape index (κ1) is 15.1. The van der Waals surface area contributed by atoms with Crippen molar-refractivity contribution in [1.29, 1.82) is 0 Å². The predicted molar refractivity (Wildman–Crippen MR) is 84.9 cm³/mol. The minimum Gasteiger partial charge on any atom is -0.383 e. The van der Waals surface area contributed by atoms with Gasteiger partial charge < -0.3 is 10.6 Å². The second-order valence-electron chi connectivity index (χ2n) is 6.23. The number of nitrogens with zero attached hydrogens (tertiary/aromatic N) is 3. The van der Waals surface area contributed by atoms with Gasteiger partial charge in [-0.1, -0.05) is 33.6 Å². The van der Waals surface area contributed by atoms with Crippen molar-refractivity contribution in [3.63, 3.8) is 0 Å². The Balaban J connectivity index is 2.27. The lowest BCUT2D eigenvalue weighted by atomic mass is 10.1. The van der Waals surface area contributed by atoms with E-state index in [9.17, 15) is 0 Å². The van der Waals surface area contributed by atoms with Crippen molar-refractivity contribution in [2.24, 2.45) is 5.92 Å². The zero-order chi connectivity index (χ0) is 14.5. The average molecular weight is 276 g/mol. The summed E-state index contributed by atoms with van der Waals surface area (Å²) in [6.45, 7) is 7.77. The van der Waals surface area contributed by atoms with Crippen LogP contribution < -0.4 is 10.6 Å². The fourth-order valence-corrected chi connectivity index (χ4v) is 3.08. The first-order valence-corrected chi connectivity index (χ1v) is 7.99. The lowest BCUT2D eigenvalue weighted by Gasteiger charge is -2.32. The highest BCUT2D eigenvalue weighted by Gasteiger charge is 2.26. The van der Waals surface area contributed by atoms with E-state index >= 15 is 0 Å². The minimum atomic E-state index is 0.633. The maximum absolute atomic E-state index is 6.05. The molecule has 0 aromatic carbocycles. The van der Waals surface area contributed by atoms with E-state index in [1.54, 1.807) is 6.33 Å². The molecule has 0 atom stereocenters. The van der Waals surface area contributed by atoms with Crippen molar-refractivity contribution in [2.45, 2.75) is 65.3 Å². The molecule has 112 valence electrons. The Kier molecular flexibility index (Phi) is 5.21. The fourth-order valence-electron chi connectivity index (χ4n) is 3.08. The van der Waals surface area contributed by atoms with Crippen LogP contribution in [-0.4, -0.2) is 22.6 Å². The van der Waals surface area contributed by atoms with Gasteiger partial charge in [-0.2, -0.15) is 0 Å². The molecule has 2 N–H and O–H groups in total. The van der Waals surface area contributed by atoms with Gasteiger partial charge in [-0.15, -0.1) is 0 Å². The summed E-state index contributed by atoms with van der Waals surface area (Å²) in [6, 6.07) is 0.633. The molecule has 1 fully saturated rings. The van der Waals surface area contributed by atoms with Crippen LogP contribution in [0.25, 0.3) is 0 Å². The Morgan fingerprint density at radius 2 is 2.00 bits per heavy atom. The zero-order valence-corrected chi connectivity index (χ0v) is 13.1. The molecule has 1 aromatic heterocycles. The summed E-state index contributed by atoms with van der Waals surface area (Å²) < 4.78 is 0. The first-order chi connectivity index (χ1) is 9.63. The molecular weight excluding hydrogens is 248 g/mol. The molecule has 1 saturated carbocycles. The van der Waals surface area contributed by atoms with Gasteiger partial charge >= 0.3 is 0 Å². The number of nitrogens with two attached hydrogens (primary N) is 1. The molecule has 20 heavy (non-hydrogen) atoms. The lowest BCUT2D eigenvalue weighted by molar-refractivity contribution is 0.523. The number of hydrogen-bond donors (Lipinski definition) is 1. The second kappa shape index (κ2) is 6.91. The van der Waals surface area contributed by atoms with Gasteiger partial charge in [0.25, 0.3) is 0 Å². The molecule has 0 bridgehead atoms. The van der Waals surface area contributed by atoms with Crippen LogP contribution in [-0.2, 0) is 6.42 Å². The Morgan fingerprint density at radius 3 is 2.60 bits per heavy atom. The van der Waals surface area contributed by atoms with E-state index in [1.165, 1.54) is 32.1 Å². The molecule has 2 rings (SSSR count). The molecule has 0 spiro atoms. The smallest absolute Gasteiger partial charge is 0.137 e. The third-order valence-corrected chi connectivity index (χ3v) is 4.29. The van der Waals surface area contributed by atoms with Crippen molar-refractivity contribution in [1.82, 2.24) is 9.97 Å². The highest BCUT2D eigenvalue weighted by molar-refractivity contribution is 5.57. The number of aromatic nitrogens is 2. The summed E-state index contributed by atoms with van der Waals surface area (Å²) in [4.78, 5) is 11.2. The molecule has 1 aromatic rings. The van der Waals surface area contributed by atoms with Crippen LogP contribution in [0.1, 0.15) is 58.4 Å². The van der Waals surface area contributed by atoms with Gasteiger partial charge in [0.15, 0.2) is 0 Å². The minimum absolute atomic E-state index is 0.633. The first-order valence-electron chi connectivity index (χ1n) is 7.99. The van der Waals surface area contributed by atoms with Gasteiger partial charge in [0.2, 0.25) is 0 Å². The molecule has 1 aliphatic carbocycles. The summed E-state index contributed by atoms with van der Waals surface area (Å²) in [5, 5.41) is 0. The number of rotatable bonds is 6. The van der Waals surface area contributed by atoms with Crippen molar-refractivity contribution in [3.05, 3.63) is 11.9 Å². The molecule has 0 radical (unpaired) electrons. The van der Waals surface area contributed by atoms with Crippen LogP contribution in [0.2, 0.25) is 0 Å². The molecule has 1 heterocycles. The standard InChI is InChI=1S/C16H28N4/c1-4-14-15(17)18-11-19-16(14)20(10-9-12(2)3)13-7-5-6-8-13/h11-13H,4-10H2,1-3H3,(H2,17,18,19). The molecule has 0 saturated heterocycles. The van der Waals surface area contributed by atoms with Gasteiger partial charge in [0.05, 0.1) is 0 Å². The van der Waals surface area contributed by atoms with E-state index in [2.05, 4.69) is 35.6 Å². The molecule has 1 aliphatic rings. The lowest BCUT2D eigenvalue weighted by Crippen LogP contribution is -2.36. The third kappa shape index (κ3) is 3.41. The van der Waals surface area contributed by atoms with Gasteiger partial charge in [0.1, 0.15) is 18.0 Å². The van der Waals surface area contributed by atoms with Crippen LogP contribution in [0.5, 0.6) is 0 Å². The molecule has 0 unspecified atom stereocenters. The van der Waals surface area contributed by atoms with Gasteiger partial charge in [0, 0.05) is 18.2 Å². The molecule has 4 heteroatoms. The van der Waals surface area contributed by atoms with Crippen LogP contribution in [0.3, 0.4) is 0 Å². The molecule has 0 amide bonds. The highest BCUT2D eigenvalue weighted by atomic mass is 15.2. The predicted octanol–water partition coefficient (Wildman–Crippen LogP) is 3.42. The molecule has 0 aliphatic heterocycles. The maximum atomic E-state index is 6.05. The van der Waals surface area contributed by atoms with Crippen molar-refractivity contribution in [3.8, 4) is 0 Å². The van der Waals surface area contributed by atoms with Crippen molar-refractivity contribution >= 4 is 11.6 Å². The quantitative estimate of drug-likeness (QED) is 0.865. The second-order valence-corrected chi connectivity index (χ2v) is 6.23. The Bertz CT molecular complexity index is 424. The number of anilines is 2. The summed E-state index contributed by atoms with van der Waals surface area (Å²) in [5.74, 6) is 2.43. The van der Waals surface area contributed by atoms with Gasteiger partial charge in [-0.05, 0) is 31.6 Å². The monoisotopic (exact) mass is 276 g/mol. The van der Waals surface area contributed by atoms with Crippen LogP contribution in [0.15, 0.2) is 6.33 Å². The van der Waals surface area contributed by atoms with Crippen LogP contribution in [0, 0.1) is 5.92 Å². The summed E-state index contributed by atoms with van der Waals surface area (Å²) in [6.07, 6.45) is 8.95. The van der Waals surface area contributed by atoms with Crippen LogP contribution in [0.4, 0.5) is 11.6 Å². The van der Waals surface area contributed by atoms with E-state index in [0.29, 0.717) is 17.8 Å². The SMILES string of the molecule is CCc1c(N)ncnc1N(CCC(C)C)C1CCCC1. The fraction of sp³-hybridized carbons (Fsp3) is 0.750. The Labute approximate surface area is 122 Å². The maximum Gasteiger partial charge on any atom is 0.137 e. The van der Waals surface area contributed by atoms with Crippen molar-refractivity contribution < 1.29 is 0 Å². The topological polar surface area (TPSA) is 55.0 Å². The molecule has 4 nitrogen and oxygen atoms in total. The summed E-state index contributed by atoms with van der Waals surface area (Å²) in [5.41, 5.74) is 7.16. The van der Waals surface area contributed by atoms with E-state index in [-0.39, 0.29) is 0 Å². The van der Waals surface area contributed by atoms with Gasteiger partial charge in [-0.3, -0.25) is 0 Å². The van der Waals surface area contributed by atoms with E-state index < -0.39 is 0 Å².